The van der Waals surface area contributed by atoms with Gasteiger partial charge in [-0.1, -0.05) is 18.2 Å². The summed E-state index contributed by atoms with van der Waals surface area (Å²) in [6.45, 7) is 5.65. The van der Waals surface area contributed by atoms with Crippen molar-refractivity contribution in [2.24, 2.45) is 5.41 Å². The Kier molecular flexibility index (Phi) is 5.58. The molecule has 2 fully saturated rings. The first-order valence-corrected chi connectivity index (χ1v) is 10.9. The molecule has 0 aromatic heterocycles. The lowest BCUT2D eigenvalue weighted by molar-refractivity contribution is -0.147. The number of sulfonamides is 1. The zero-order valence-corrected chi connectivity index (χ0v) is 16.4. The summed E-state index contributed by atoms with van der Waals surface area (Å²) in [5.41, 5.74) is -0.532. The number of para-hydroxylation sites is 1. The number of amides is 1. The van der Waals surface area contributed by atoms with Crippen molar-refractivity contribution in [2.75, 3.05) is 32.0 Å². The molecule has 2 aliphatic rings. The molecule has 1 amide bonds. The number of benzene rings is 1. The molecular formula is C19H28N2O4S. The van der Waals surface area contributed by atoms with E-state index < -0.39 is 15.4 Å². The molecule has 0 aliphatic carbocycles. The van der Waals surface area contributed by atoms with Crippen molar-refractivity contribution in [3.05, 3.63) is 30.3 Å². The monoisotopic (exact) mass is 380 g/mol. The van der Waals surface area contributed by atoms with Crippen LogP contribution < -0.4 is 4.74 Å². The van der Waals surface area contributed by atoms with Gasteiger partial charge in [-0.3, -0.25) is 4.79 Å². The molecule has 3 rings (SSSR count). The van der Waals surface area contributed by atoms with Crippen molar-refractivity contribution in [1.29, 1.82) is 0 Å². The van der Waals surface area contributed by atoms with E-state index in [2.05, 4.69) is 0 Å². The van der Waals surface area contributed by atoms with E-state index in [0.29, 0.717) is 25.3 Å². The molecule has 0 N–H and O–H groups in total. The molecule has 0 radical (unpaired) electrons. The first-order valence-electron chi connectivity index (χ1n) is 9.31. The minimum atomic E-state index is -3.43. The Morgan fingerprint density at radius 3 is 2.58 bits per heavy atom. The second-order valence-corrected chi connectivity index (χ2v) is 9.63. The fourth-order valence-corrected chi connectivity index (χ4v) is 5.32. The molecular weight excluding hydrogens is 352 g/mol. The molecule has 1 aromatic carbocycles. The maximum absolute atomic E-state index is 12.9. The van der Waals surface area contributed by atoms with Crippen LogP contribution in [0.3, 0.4) is 0 Å². The summed E-state index contributed by atoms with van der Waals surface area (Å²) in [5.74, 6) is 0.715. The van der Waals surface area contributed by atoms with Gasteiger partial charge in [-0.2, -0.15) is 0 Å². The molecule has 26 heavy (non-hydrogen) atoms. The highest BCUT2D eigenvalue weighted by Gasteiger charge is 2.51. The van der Waals surface area contributed by atoms with Crippen LogP contribution in [0.5, 0.6) is 5.75 Å². The zero-order valence-electron chi connectivity index (χ0n) is 15.6. The van der Waals surface area contributed by atoms with E-state index in [1.807, 2.05) is 36.9 Å². The summed E-state index contributed by atoms with van der Waals surface area (Å²) in [5, 5.41) is 0. The van der Waals surface area contributed by atoms with Gasteiger partial charge in [0.25, 0.3) is 0 Å². The third kappa shape index (κ3) is 3.88. The van der Waals surface area contributed by atoms with E-state index in [9.17, 15) is 13.2 Å². The first kappa shape index (κ1) is 19.2. The summed E-state index contributed by atoms with van der Waals surface area (Å²) in [6.07, 6.45) is 2.34. The molecule has 0 unspecified atom stereocenters. The summed E-state index contributed by atoms with van der Waals surface area (Å²) in [6, 6.07) is 9.35. The summed E-state index contributed by atoms with van der Waals surface area (Å²) >= 11 is 0. The van der Waals surface area contributed by atoms with E-state index in [1.54, 1.807) is 12.1 Å². The number of likely N-dealkylation sites (tertiary alicyclic amines) is 1. The van der Waals surface area contributed by atoms with E-state index in [0.717, 1.165) is 19.4 Å². The third-order valence-corrected chi connectivity index (χ3v) is 7.24. The lowest BCUT2D eigenvalue weighted by Gasteiger charge is -2.41. The molecule has 2 aliphatic heterocycles. The molecule has 1 aromatic rings. The van der Waals surface area contributed by atoms with Crippen LogP contribution in [0, 0.1) is 5.41 Å². The predicted molar refractivity (Wildman–Crippen MR) is 100 cm³/mol. The van der Waals surface area contributed by atoms with Gasteiger partial charge in [0.2, 0.25) is 15.9 Å². The van der Waals surface area contributed by atoms with E-state index in [1.165, 1.54) is 4.31 Å². The average Bonchev–Trinajstić information content (AvgIpc) is 3.04. The highest BCUT2D eigenvalue weighted by molar-refractivity contribution is 7.89. The third-order valence-electron chi connectivity index (χ3n) is 5.46. The molecule has 6 nitrogen and oxygen atoms in total. The number of nitrogens with zero attached hydrogens (tertiary/aromatic N) is 2. The van der Waals surface area contributed by atoms with Crippen LogP contribution in [-0.2, 0) is 14.8 Å². The van der Waals surface area contributed by atoms with Crippen molar-refractivity contribution in [3.63, 3.8) is 0 Å². The molecule has 2 saturated heterocycles. The molecule has 0 bridgehead atoms. The number of hydrogen-bond donors (Lipinski definition) is 0. The van der Waals surface area contributed by atoms with Gasteiger partial charge in [0.05, 0.1) is 11.2 Å². The summed E-state index contributed by atoms with van der Waals surface area (Å²) in [4.78, 5) is 14.8. The fourth-order valence-electron chi connectivity index (χ4n) is 3.95. The highest BCUT2D eigenvalue weighted by atomic mass is 32.2. The smallest absolute Gasteiger partial charge is 0.230 e. The highest BCUT2D eigenvalue weighted by Crippen LogP contribution is 2.41. The van der Waals surface area contributed by atoms with Crippen LogP contribution >= 0.6 is 0 Å². The van der Waals surface area contributed by atoms with E-state index >= 15 is 0 Å². The number of carbonyl (C=O) groups excluding carboxylic acids is 1. The van der Waals surface area contributed by atoms with Gasteiger partial charge in [-0.05, 0) is 45.2 Å². The number of ether oxygens (including phenoxy) is 1. The predicted octanol–water partition coefficient (Wildman–Crippen LogP) is 2.12. The minimum Gasteiger partial charge on any atom is -0.492 e. The van der Waals surface area contributed by atoms with Crippen molar-refractivity contribution in [1.82, 2.24) is 9.21 Å². The number of rotatable bonds is 6. The van der Waals surface area contributed by atoms with Gasteiger partial charge in [0.15, 0.2) is 0 Å². The Morgan fingerprint density at radius 1 is 1.15 bits per heavy atom. The van der Waals surface area contributed by atoms with E-state index in [-0.39, 0.29) is 24.3 Å². The van der Waals surface area contributed by atoms with Crippen molar-refractivity contribution >= 4 is 15.9 Å². The van der Waals surface area contributed by atoms with Gasteiger partial charge in [0.1, 0.15) is 12.4 Å². The molecule has 2 heterocycles. The number of hydrogen-bond acceptors (Lipinski definition) is 4. The largest absolute Gasteiger partial charge is 0.492 e. The average molecular weight is 381 g/mol. The van der Waals surface area contributed by atoms with Crippen LogP contribution in [0.15, 0.2) is 30.3 Å². The van der Waals surface area contributed by atoms with Crippen LogP contribution in [0.4, 0.5) is 0 Å². The molecule has 1 atom stereocenters. The Labute approximate surface area is 156 Å². The lowest BCUT2D eigenvalue weighted by atomic mass is 9.78. The van der Waals surface area contributed by atoms with Gasteiger partial charge >= 0.3 is 0 Å². The van der Waals surface area contributed by atoms with Gasteiger partial charge in [-0.15, -0.1) is 0 Å². The number of piperidine rings is 1. The van der Waals surface area contributed by atoms with Gasteiger partial charge in [-0.25, -0.2) is 12.7 Å². The molecule has 7 heteroatoms. The van der Waals surface area contributed by atoms with Crippen LogP contribution in [0.25, 0.3) is 0 Å². The molecule has 1 spiro atoms. The Bertz CT molecular complexity index is 735. The molecule has 144 valence electrons. The first-order chi connectivity index (χ1) is 12.3. The van der Waals surface area contributed by atoms with Crippen molar-refractivity contribution < 1.29 is 17.9 Å². The van der Waals surface area contributed by atoms with Crippen LogP contribution in [-0.4, -0.2) is 61.6 Å². The summed E-state index contributed by atoms with van der Waals surface area (Å²) < 4.78 is 32.4. The fraction of sp³-hybridized carbons (Fsp3) is 0.632. The maximum atomic E-state index is 12.9. The van der Waals surface area contributed by atoms with Crippen LogP contribution in [0.1, 0.15) is 33.1 Å². The minimum absolute atomic E-state index is 0.0694. The Balaban J connectivity index is 1.61. The van der Waals surface area contributed by atoms with Crippen molar-refractivity contribution in [3.8, 4) is 5.75 Å². The van der Waals surface area contributed by atoms with Gasteiger partial charge < -0.3 is 9.64 Å². The summed E-state index contributed by atoms with van der Waals surface area (Å²) in [7, 11) is -3.43. The normalized spacial score (nSPS) is 24.6. The van der Waals surface area contributed by atoms with Crippen LogP contribution in [0.2, 0.25) is 0 Å². The zero-order chi connectivity index (χ0) is 18.8. The second-order valence-electron chi connectivity index (χ2n) is 7.54. The standard InChI is InChI=1S/C19H28N2O4S/c1-16(2)21-11-6-9-19(18(21)22)10-12-20(15-19)26(23,24)14-13-25-17-7-4-3-5-8-17/h3-5,7-8,16H,6,9-15H2,1-2H3/t19-/m1/s1. The lowest BCUT2D eigenvalue weighted by Crippen LogP contribution is -2.52. The Hall–Kier alpha value is -1.60. The maximum Gasteiger partial charge on any atom is 0.230 e. The quantitative estimate of drug-likeness (QED) is 0.758. The Morgan fingerprint density at radius 2 is 1.88 bits per heavy atom. The topological polar surface area (TPSA) is 66.9 Å². The second kappa shape index (κ2) is 7.56. The molecule has 0 saturated carbocycles. The van der Waals surface area contributed by atoms with Gasteiger partial charge in [0, 0.05) is 25.7 Å². The van der Waals surface area contributed by atoms with E-state index in [4.69, 9.17) is 4.74 Å². The van der Waals surface area contributed by atoms with Crippen molar-refractivity contribution in [2.45, 2.75) is 39.2 Å². The SMILES string of the molecule is CC(C)N1CCC[C@]2(CCN(S(=O)(=O)CCOc3ccccc3)C2)C1=O. The number of carbonyl (C=O) groups is 1.